The maximum Gasteiger partial charge on any atom is 0.135 e. The van der Waals surface area contributed by atoms with Gasteiger partial charge < -0.3 is 10.1 Å². The summed E-state index contributed by atoms with van der Waals surface area (Å²) >= 11 is 1.37. The standard InChI is InChI=1S/C9H17N3OS/c1-3-4-5-6-13-7-8-9(10-2)14-12-11-8/h10H,3-7H2,1-2H3. The quantitative estimate of drug-likeness (QED) is 0.709. The maximum atomic E-state index is 5.49. The molecule has 0 saturated carbocycles. The van der Waals surface area contributed by atoms with Crippen molar-refractivity contribution in [1.29, 1.82) is 0 Å². The first-order valence-corrected chi connectivity index (χ1v) is 5.72. The Labute approximate surface area is 88.8 Å². The number of ether oxygens (including phenoxy) is 1. The lowest BCUT2D eigenvalue weighted by Gasteiger charge is -2.02. The fourth-order valence-electron chi connectivity index (χ4n) is 1.12. The molecule has 1 heterocycles. The third-order valence-electron chi connectivity index (χ3n) is 1.91. The smallest absolute Gasteiger partial charge is 0.135 e. The Balaban J connectivity index is 2.17. The van der Waals surface area contributed by atoms with E-state index in [0.29, 0.717) is 6.61 Å². The van der Waals surface area contributed by atoms with Crippen LogP contribution in [0.2, 0.25) is 0 Å². The highest BCUT2D eigenvalue weighted by molar-refractivity contribution is 7.10. The van der Waals surface area contributed by atoms with Crippen LogP contribution in [0.4, 0.5) is 5.00 Å². The fraction of sp³-hybridized carbons (Fsp3) is 0.778. The normalized spacial score (nSPS) is 10.4. The molecule has 0 radical (unpaired) electrons. The van der Waals surface area contributed by atoms with Crippen LogP contribution in [0.5, 0.6) is 0 Å². The van der Waals surface area contributed by atoms with Gasteiger partial charge in [0.05, 0.1) is 6.61 Å². The molecule has 0 aromatic carbocycles. The average Bonchev–Trinajstić information content (AvgIpc) is 2.65. The highest BCUT2D eigenvalue weighted by Gasteiger charge is 2.05. The minimum Gasteiger partial charge on any atom is -0.377 e. The largest absolute Gasteiger partial charge is 0.377 e. The highest BCUT2D eigenvalue weighted by Crippen LogP contribution is 2.17. The zero-order chi connectivity index (χ0) is 10.2. The summed E-state index contributed by atoms with van der Waals surface area (Å²) in [4.78, 5) is 0. The van der Waals surface area contributed by atoms with E-state index in [9.17, 15) is 0 Å². The second-order valence-corrected chi connectivity index (χ2v) is 3.81. The van der Waals surface area contributed by atoms with Gasteiger partial charge in [0.2, 0.25) is 0 Å². The highest BCUT2D eigenvalue weighted by atomic mass is 32.1. The SMILES string of the molecule is CCCCCOCc1nnsc1NC. The molecule has 0 unspecified atom stereocenters. The second-order valence-electron chi connectivity index (χ2n) is 3.06. The fourth-order valence-corrected chi connectivity index (χ4v) is 1.63. The average molecular weight is 215 g/mol. The molecule has 5 heteroatoms. The molecule has 0 aliphatic rings. The van der Waals surface area contributed by atoms with Crippen LogP contribution in [0.3, 0.4) is 0 Å². The van der Waals surface area contributed by atoms with E-state index in [0.717, 1.165) is 23.7 Å². The van der Waals surface area contributed by atoms with Crippen molar-refractivity contribution >= 4 is 16.5 Å². The summed E-state index contributed by atoms with van der Waals surface area (Å²) in [5.41, 5.74) is 0.911. The molecule has 0 spiro atoms. The van der Waals surface area contributed by atoms with E-state index in [-0.39, 0.29) is 0 Å². The van der Waals surface area contributed by atoms with Crippen molar-refractivity contribution in [3.63, 3.8) is 0 Å². The molecule has 1 N–H and O–H groups in total. The van der Waals surface area contributed by atoms with Crippen LogP contribution in [0.15, 0.2) is 0 Å². The molecule has 1 aromatic heterocycles. The predicted octanol–water partition coefficient (Wildman–Crippen LogP) is 2.29. The molecule has 1 aromatic rings. The molecule has 1 rings (SSSR count). The summed E-state index contributed by atoms with van der Waals surface area (Å²) in [6.07, 6.45) is 3.58. The first-order valence-electron chi connectivity index (χ1n) is 4.95. The van der Waals surface area contributed by atoms with Crippen LogP contribution in [0.25, 0.3) is 0 Å². The Bertz CT molecular complexity index is 252. The molecule has 4 nitrogen and oxygen atoms in total. The van der Waals surface area contributed by atoms with E-state index >= 15 is 0 Å². The van der Waals surface area contributed by atoms with Crippen molar-refractivity contribution in [2.24, 2.45) is 0 Å². The van der Waals surface area contributed by atoms with Gasteiger partial charge in [-0.15, -0.1) is 5.10 Å². The molecular formula is C9H17N3OS. The van der Waals surface area contributed by atoms with E-state index < -0.39 is 0 Å². The van der Waals surface area contributed by atoms with Gasteiger partial charge in [-0.3, -0.25) is 0 Å². The summed E-state index contributed by atoms with van der Waals surface area (Å²) < 4.78 is 9.34. The molecule has 0 amide bonds. The second kappa shape index (κ2) is 6.73. The van der Waals surface area contributed by atoms with E-state index in [4.69, 9.17) is 4.74 Å². The number of hydrogen-bond acceptors (Lipinski definition) is 5. The van der Waals surface area contributed by atoms with Gasteiger partial charge in [-0.05, 0) is 6.42 Å². The summed E-state index contributed by atoms with van der Waals surface area (Å²) in [5.74, 6) is 0. The molecule has 0 atom stereocenters. The van der Waals surface area contributed by atoms with Gasteiger partial charge in [-0.25, -0.2) is 0 Å². The number of rotatable bonds is 7. The Morgan fingerprint density at radius 1 is 1.43 bits per heavy atom. The third kappa shape index (κ3) is 3.59. The topological polar surface area (TPSA) is 47.0 Å². The van der Waals surface area contributed by atoms with Crippen molar-refractivity contribution in [2.45, 2.75) is 32.8 Å². The molecule has 80 valence electrons. The Morgan fingerprint density at radius 3 is 3.00 bits per heavy atom. The summed E-state index contributed by atoms with van der Waals surface area (Å²) in [6, 6.07) is 0. The Kier molecular flexibility index (Phi) is 5.47. The van der Waals surface area contributed by atoms with Crippen molar-refractivity contribution < 1.29 is 4.74 Å². The van der Waals surface area contributed by atoms with Crippen molar-refractivity contribution in [3.05, 3.63) is 5.69 Å². The van der Waals surface area contributed by atoms with Crippen LogP contribution in [0, 0.1) is 0 Å². The van der Waals surface area contributed by atoms with Crippen LogP contribution in [-0.2, 0) is 11.3 Å². The predicted molar refractivity (Wildman–Crippen MR) is 58.6 cm³/mol. The van der Waals surface area contributed by atoms with E-state index in [1.54, 1.807) is 0 Å². The number of nitrogens with zero attached hydrogens (tertiary/aromatic N) is 2. The molecule has 0 aliphatic heterocycles. The molecule has 0 saturated heterocycles. The molecule has 14 heavy (non-hydrogen) atoms. The number of nitrogens with one attached hydrogen (secondary N) is 1. The number of unbranched alkanes of at least 4 members (excludes halogenated alkanes) is 2. The molecular weight excluding hydrogens is 198 g/mol. The third-order valence-corrected chi connectivity index (χ3v) is 2.70. The number of hydrogen-bond donors (Lipinski definition) is 1. The van der Waals surface area contributed by atoms with Crippen molar-refractivity contribution in [1.82, 2.24) is 9.59 Å². The van der Waals surface area contributed by atoms with Crippen molar-refractivity contribution in [3.8, 4) is 0 Å². The maximum absolute atomic E-state index is 5.49. The van der Waals surface area contributed by atoms with Gasteiger partial charge in [0, 0.05) is 25.2 Å². The zero-order valence-corrected chi connectivity index (χ0v) is 9.56. The van der Waals surface area contributed by atoms with Crippen molar-refractivity contribution in [2.75, 3.05) is 19.0 Å². The summed E-state index contributed by atoms with van der Waals surface area (Å²) in [6.45, 7) is 3.56. The summed E-state index contributed by atoms with van der Waals surface area (Å²) in [7, 11) is 1.87. The minimum absolute atomic E-state index is 0.566. The lowest BCUT2D eigenvalue weighted by molar-refractivity contribution is 0.115. The van der Waals surface area contributed by atoms with E-state index in [1.807, 2.05) is 7.05 Å². The zero-order valence-electron chi connectivity index (χ0n) is 8.75. The monoisotopic (exact) mass is 215 g/mol. The molecule has 0 fully saturated rings. The molecule has 0 aliphatic carbocycles. The lowest BCUT2D eigenvalue weighted by atomic mass is 10.3. The first-order chi connectivity index (χ1) is 6.88. The van der Waals surface area contributed by atoms with Crippen LogP contribution < -0.4 is 5.32 Å². The van der Waals surface area contributed by atoms with E-state index in [2.05, 4.69) is 21.8 Å². The van der Waals surface area contributed by atoms with E-state index in [1.165, 1.54) is 24.4 Å². The van der Waals surface area contributed by atoms with Gasteiger partial charge in [-0.2, -0.15) is 0 Å². The molecule has 0 bridgehead atoms. The minimum atomic E-state index is 0.566. The Morgan fingerprint density at radius 2 is 2.29 bits per heavy atom. The van der Waals surface area contributed by atoms with Gasteiger partial charge in [0.1, 0.15) is 10.7 Å². The lowest BCUT2D eigenvalue weighted by Crippen LogP contribution is -1.98. The van der Waals surface area contributed by atoms with Crippen LogP contribution in [-0.4, -0.2) is 23.2 Å². The number of anilines is 1. The number of aromatic nitrogens is 2. The Hall–Kier alpha value is -0.680. The van der Waals surface area contributed by atoms with Crippen LogP contribution >= 0.6 is 11.5 Å². The van der Waals surface area contributed by atoms with Gasteiger partial charge in [-0.1, -0.05) is 24.3 Å². The summed E-state index contributed by atoms with van der Waals surface area (Å²) in [5, 5.41) is 8.03. The van der Waals surface area contributed by atoms with Gasteiger partial charge in [0.25, 0.3) is 0 Å². The van der Waals surface area contributed by atoms with Gasteiger partial charge >= 0.3 is 0 Å². The van der Waals surface area contributed by atoms with Crippen LogP contribution in [0.1, 0.15) is 31.9 Å². The van der Waals surface area contributed by atoms with Gasteiger partial charge in [0.15, 0.2) is 0 Å². The first kappa shape index (κ1) is 11.4.